The average molecular weight is 504 g/mol. The molecule has 1 saturated heterocycles. The molecule has 0 saturated carbocycles. The number of aliphatic hydroxyl groups is 3. The van der Waals surface area contributed by atoms with E-state index in [1.807, 2.05) is 25.1 Å². The first-order chi connectivity index (χ1) is 15.5. The van der Waals surface area contributed by atoms with Crippen LogP contribution in [-0.2, 0) is 20.4 Å². The highest BCUT2D eigenvalue weighted by Crippen LogP contribution is 2.37. The summed E-state index contributed by atoms with van der Waals surface area (Å²) in [6.07, 6.45) is -2.57. The average Bonchev–Trinajstić information content (AvgIpc) is 3.34. The molecule has 0 aliphatic carbocycles. The van der Waals surface area contributed by atoms with Crippen molar-refractivity contribution in [3.63, 3.8) is 0 Å². The van der Waals surface area contributed by atoms with E-state index in [0.29, 0.717) is 12.2 Å². The van der Waals surface area contributed by atoms with Crippen LogP contribution >= 0.6 is 19.4 Å². The first-order valence-electron chi connectivity index (χ1n) is 9.58. The molecule has 1 unspecified atom stereocenters. The van der Waals surface area contributed by atoms with Crippen molar-refractivity contribution in [1.82, 2.24) is 19.9 Å². The number of imidazole rings is 1. The molecule has 180 valence electrons. The highest BCUT2D eigenvalue weighted by molar-refractivity contribution is 7.46. The third-order valence-electron chi connectivity index (χ3n) is 4.66. The van der Waals surface area contributed by atoms with Crippen molar-refractivity contribution in [2.24, 2.45) is 0 Å². The fourth-order valence-electron chi connectivity index (χ4n) is 2.87. The van der Waals surface area contributed by atoms with Crippen molar-refractivity contribution in [1.29, 1.82) is 0 Å². The van der Waals surface area contributed by atoms with Gasteiger partial charge in [-0.2, -0.15) is 0 Å². The molecule has 0 amide bonds. The predicted octanol–water partition coefficient (Wildman–Crippen LogP) is 0.462. The monoisotopic (exact) mass is 503 g/mol. The molecule has 0 radical (unpaired) electrons. The molecule has 0 bridgehead atoms. The van der Waals surface area contributed by atoms with Crippen LogP contribution in [0.2, 0.25) is 5.02 Å². The smallest absolute Gasteiger partial charge is 0.387 e. The number of halogens is 1. The molecule has 15 heteroatoms. The van der Waals surface area contributed by atoms with Crippen LogP contribution in [0.3, 0.4) is 0 Å². The molecule has 3 aromatic rings. The van der Waals surface area contributed by atoms with E-state index in [0.717, 1.165) is 27.5 Å². The lowest BCUT2D eigenvalue weighted by molar-refractivity contribution is -0.132. The van der Waals surface area contributed by atoms with Gasteiger partial charge in [-0.15, -0.1) is 0 Å². The minimum absolute atomic E-state index is 0.612. The molecule has 2 aromatic heterocycles. The Morgan fingerprint density at radius 2 is 1.97 bits per heavy atom. The van der Waals surface area contributed by atoms with Gasteiger partial charge in [-0.25, -0.2) is 19.5 Å². The van der Waals surface area contributed by atoms with Gasteiger partial charge in [-0.3, -0.25) is 4.52 Å². The quantitative estimate of drug-likeness (QED) is 0.229. The van der Waals surface area contributed by atoms with Crippen molar-refractivity contribution in [3.05, 3.63) is 47.0 Å². The van der Waals surface area contributed by atoms with Gasteiger partial charge in [0.25, 0.3) is 0 Å². The van der Waals surface area contributed by atoms with Gasteiger partial charge in [0.1, 0.15) is 30.2 Å². The number of phosphoric acid groups is 1. The molecule has 4 rings (SSSR count). The summed E-state index contributed by atoms with van der Waals surface area (Å²) in [5.41, 5.74) is 3.63. The van der Waals surface area contributed by atoms with Crippen LogP contribution in [0.5, 0.6) is 0 Å². The summed E-state index contributed by atoms with van der Waals surface area (Å²) in [6.45, 7) is 2.02. The number of anilines is 1. The summed E-state index contributed by atoms with van der Waals surface area (Å²) in [7, 11) is -4.64. The SMILES string of the molecule is Cc1ccc(CNc2ncnc3nc[nH]c23)cc1Cl.O=P(O)(O)OC[C@H]1OC(O)[C@H](O)[C@@H]1O. The second kappa shape index (κ2) is 10.8. The van der Waals surface area contributed by atoms with Gasteiger partial charge in [0.15, 0.2) is 17.8 Å². The Bertz CT molecular complexity index is 1130. The van der Waals surface area contributed by atoms with Gasteiger partial charge >= 0.3 is 7.82 Å². The summed E-state index contributed by atoms with van der Waals surface area (Å²) in [6, 6.07) is 6.00. The van der Waals surface area contributed by atoms with Gasteiger partial charge in [0, 0.05) is 11.6 Å². The van der Waals surface area contributed by atoms with Crippen LogP contribution in [0.15, 0.2) is 30.9 Å². The molecule has 1 fully saturated rings. The van der Waals surface area contributed by atoms with E-state index in [4.69, 9.17) is 36.7 Å². The van der Waals surface area contributed by atoms with E-state index in [1.54, 1.807) is 6.33 Å². The van der Waals surface area contributed by atoms with Gasteiger partial charge < -0.3 is 40.1 Å². The molecule has 1 aromatic carbocycles. The van der Waals surface area contributed by atoms with E-state index in [9.17, 15) is 4.57 Å². The fraction of sp³-hybridized carbons (Fsp3) is 0.389. The Labute approximate surface area is 192 Å². The second-order valence-corrected chi connectivity index (χ2v) is 8.74. The van der Waals surface area contributed by atoms with Crippen molar-refractivity contribution >= 4 is 36.4 Å². The number of ether oxygens (including phenoxy) is 1. The van der Waals surface area contributed by atoms with Crippen LogP contribution in [0, 0.1) is 6.92 Å². The standard InChI is InChI=1S/C13H12ClN5.C5H11O8P/c1-8-2-3-9(4-10(8)14)5-15-12-11-13(17-6-16-11)19-7-18-12;6-3-2(1-12-14(9,10)11)13-5(8)4(3)7/h2-4,6-7H,5H2,1H3,(H2,15,16,17,18,19);2-8H,1H2,(H2,9,10,11)/t;2-,3-,4-,5?/m.1/s1. The Hall–Kier alpha value is -2.19. The van der Waals surface area contributed by atoms with E-state index < -0.39 is 39.0 Å². The number of hydrogen-bond donors (Lipinski definition) is 7. The summed E-state index contributed by atoms with van der Waals surface area (Å²) in [5.74, 6) is 0.735. The third kappa shape index (κ3) is 6.90. The minimum atomic E-state index is -4.64. The zero-order valence-corrected chi connectivity index (χ0v) is 18.9. The number of hydrogen-bond acceptors (Lipinski definition) is 10. The van der Waals surface area contributed by atoms with Crippen LogP contribution in [-0.4, -0.2) is 76.3 Å². The molecule has 3 heterocycles. The number of aromatic nitrogens is 4. The van der Waals surface area contributed by atoms with Gasteiger partial charge in [-0.05, 0) is 24.1 Å². The largest absolute Gasteiger partial charge is 0.469 e. The lowest BCUT2D eigenvalue weighted by Gasteiger charge is -2.14. The zero-order valence-electron chi connectivity index (χ0n) is 17.2. The van der Waals surface area contributed by atoms with E-state index in [-0.39, 0.29) is 0 Å². The molecule has 0 spiro atoms. The number of nitrogens with one attached hydrogen (secondary N) is 2. The number of benzene rings is 1. The lowest BCUT2D eigenvalue weighted by atomic mass is 10.1. The molecule has 1 aliphatic rings. The van der Waals surface area contributed by atoms with Crippen molar-refractivity contribution in [3.8, 4) is 0 Å². The maximum absolute atomic E-state index is 10.3. The summed E-state index contributed by atoms with van der Waals surface area (Å²) < 4.78 is 18.9. The first-order valence-corrected chi connectivity index (χ1v) is 11.5. The summed E-state index contributed by atoms with van der Waals surface area (Å²) in [5, 5.41) is 31.1. The second-order valence-electron chi connectivity index (χ2n) is 7.09. The number of nitrogens with zero attached hydrogens (tertiary/aromatic N) is 3. The molecular weight excluding hydrogens is 481 g/mol. The number of phosphoric ester groups is 1. The maximum Gasteiger partial charge on any atom is 0.469 e. The van der Waals surface area contributed by atoms with Crippen molar-refractivity contribution in [2.45, 2.75) is 38.1 Å². The number of rotatable bonds is 6. The molecule has 13 nitrogen and oxygen atoms in total. The Balaban J connectivity index is 0.000000196. The predicted molar refractivity (Wildman–Crippen MR) is 116 cm³/mol. The van der Waals surface area contributed by atoms with Crippen molar-refractivity contribution < 1.29 is 38.9 Å². The number of fused-ring (bicyclic) bond motifs is 1. The molecule has 4 atom stereocenters. The van der Waals surface area contributed by atoms with Gasteiger partial charge in [0.2, 0.25) is 0 Å². The van der Waals surface area contributed by atoms with Crippen LogP contribution in [0.4, 0.5) is 5.82 Å². The minimum Gasteiger partial charge on any atom is -0.387 e. The summed E-state index contributed by atoms with van der Waals surface area (Å²) >= 11 is 6.10. The van der Waals surface area contributed by atoms with Crippen molar-refractivity contribution in [2.75, 3.05) is 11.9 Å². The Kier molecular flexibility index (Phi) is 8.34. The topological polar surface area (TPSA) is 203 Å². The van der Waals surface area contributed by atoms with Crippen LogP contribution in [0.25, 0.3) is 11.2 Å². The third-order valence-corrected chi connectivity index (χ3v) is 5.56. The molecular formula is C18H23ClN5O8P. The normalized spacial score (nSPS) is 22.8. The zero-order chi connectivity index (χ0) is 24.2. The Morgan fingerprint density at radius 3 is 2.61 bits per heavy atom. The van der Waals surface area contributed by atoms with Crippen LogP contribution < -0.4 is 5.32 Å². The highest BCUT2D eigenvalue weighted by Gasteiger charge is 2.42. The number of aromatic amines is 1. The number of aliphatic hydroxyl groups excluding tert-OH is 3. The highest BCUT2D eigenvalue weighted by atomic mass is 35.5. The van der Waals surface area contributed by atoms with Crippen LogP contribution in [0.1, 0.15) is 11.1 Å². The van der Waals surface area contributed by atoms with E-state index in [1.165, 1.54) is 6.33 Å². The van der Waals surface area contributed by atoms with E-state index in [2.05, 4.69) is 34.5 Å². The lowest BCUT2D eigenvalue weighted by Crippen LogP contribution is -2.34. The number of aryl methyl sites for hydroxylation is 1. The number of H-pyrrole nitrogens is 1. The van der Waals surface area contributed by atoms with Gasteiger partial charge in [-0.1, -0.05) is 23.7 Å². The Morgan fingerprint density at radius 1 is 1.21 bits per heavy atom. The van der Waals surface area contributed by atoms with E-state index >= 15 is 0 Å². The fourth-order valence-corrected chi connectivity index (χ4v) is 3.41. The molecule has 33 heavy (non-hydrogen) atoms. The first kappa shape index (κ1) is 25.4. The molecule has 1 aliphatic heterocycles. The summed E-state index contributed by atoms with van der Waals surface area (Å²) in [4.78, 5) is 32.0. The van der Waals surface area contributed by atoms with Gasteiger partial charge in [0.05, 0.1) is 12.9 Å². The maximum atomic E-state index is 10.3. The molecule has 7 N–H and O–H groups in total.